The van der Waals surface area contributed by atoms with Crippen LogP contribution in [0.2, 0.25) is 0 Å². The molecule has 0 saturated heterocycles. The van der Waals surface area contributed by atoms with Gasteiger partial charge in [-0.2, -0.15) is 5.10 Å². The number of aryl methyl sites for hydroxylation is 1. The number of aromatic nitrogens is 3. The van der Waals surface area contributed by atoms with Crippen molar-refractivity contribution in [2.45, 2.75) is 52.5 Å². The van der Waals surface area contributed by atoms with Gasteiger partial charge in [-0.25, -0.2) is 20.2 Å². The molecule has 0 bridgehead atoms. The average molecular weight is 628 g/mol. The van der Waals surface area contributed by atoms with Crippen LogP contribution >= 0.6 is 0 Å². The van der Waals surface area contributed by atoms with Gasteiger partial charge in [0.05, 0.1) is 49.0 Å². The summed E-state index contributed by atoms with van der Waals surface area (Å²) in [5.41, 5.74) is 6.57. The van der Waals surface area contributed by atoms with Crippen molar-refractivity contribution >= 4 is 46.6 Å². The molecule has 12 heteroatoms. The minimum absolute atomic E-state index is 0.169. The zero-order chi connectivity index (χ0) is 32.7. The number of ketones is 1. The Balaban J connectivity index is 1.33. The van der Waals surface area contributed by atoms with Gasteiger partial charge in [-0.3, -0.25) is 9.59 Å². The van der Waals surface area contributed by atoms with Gasteiger partial charge < -0.3 is 24.7 Å². The Kier molecular flexibility index (Phi) is 12.6. The number of hydrogen-bond acceptors (Lipinski definition) is 10. The molecule has 0 saturated carbocycles. The topological polar surface area (TPSA) is 149 Å². The maximum Gasteiger partial charge on any atom is 0.427 e. The molecule has 1 amide bonds. The van der Waals surface area contributed by atoms with Gasteiger partial charge in [-0.1, -0.05) is 38.3 Å². The normalized spacial score (nSPS) is 11.0. The molecular formula is C34H41N7O5. The van der Waals surface area contributed by atoms with Crippen LogP contribution in [0.5, 0.6) is 0 Å². The van der Waals surface area contributed by atoms with Gasteiger partial charge in [-0.15, -0.1) is 0 Å². The second-order valence-electron chi connectivity index (χ2n) is 10.5. The number of unbranched alkanes of at least 4 members (excludes halogenated alkanes) is 3. The van der Waals surface area contributed by atoms with E-state index in [0.717, 1.165) is 48.3 Å². The number of anilines is 2. The van der Waals surface area contributed by atoms with Crippen molar-refractivity contribution in [2.75, 3.05) is 30.4 Å². The molecule has 2 heterocycles. The van der Waals surface area contributed by atoms with E-state index < -0.39 is 6.09 Å². The van der Waals surface area contributed by atoms with Crippen LogP contribution in [0.25, 0.3) is 11.0 Å². The summed E-state index contributed by atoms with van der Waals surface area (Å²) in [6.07, 6.45) is 6.91. The maximum absolute atomic E-state index is 13.5. The number of fused-ring (bicyclic) bond motifs is 1. The van der Waals surface area contributed by atoms with E-state index in [1.165, 1.54) is 0 Å². The third-order valence-electron chi connectivity index (χ3n) is 7.18. The van der Waals surface area contributed by atoms with E-state index in [-0.39, 0.29) is 18.2 Å². The lowest BCUT2D eigenvalue weighted by Crippen LogP contribution is -2.19. The smallest absolute Gasteiger partial charge is 0.427 e. The lowest BCUT2D eigenvalue weighted by molar-refractivity contribution is -0.142. The fourth-order valence-corrected chi connectivity index (χ4v) is 4.70. The number of ether oxygens (including phenoxy) is 2. The molecule has 0 aliphatic carbocycles. The molecule has 4 aromatic rings. The quantitative estimate of drug-likeness (QED) is 0.0433. The van der Waals surface area contributed by atoms with Crippen molar-refractivity contribution in [2.24, 2.45) is 12.1 Å². The Morgan fingerprint density at radius 2 is 1.80 bits per heavy atom. The number of imidazole rings is 1. The van der Waals surface area contributed by atoms with Gasteiger partial charge in [0, 0.05) is 31.0 Å². The predicted octanol–water partition coefficient (Wildman–Crippen LogP) is 5.82. The number of nitrogens with one attached hydrogen (secondary N) is 3. The first-order valence-corrected chi connectivity index (χ1v) is 15.5. The minimum Gasteiger partial charge on any atom is -0.466 e. The Bertz CT molecular complexity index is 1650. The molecule has 0 unspecified atom stereocenters. The van der Waals surface area contributed by atoms with Gasteiger partial charge in [0.15, 0.2) is 5.78 Å². The monoisotopic (exact) mass is 627 g/mol. The summed E-state index contributed by atoms with van der Waals surface area (Å²) >= 11 is 0. The number of carbonyl (C=O) groups is 3. The molecule has 0 radical (unpaired) electrons. The second-order valence-corrected chi connectivity index (χ2v) is 10.5. The van der Waals surface area contributed by atoms with E-state index in [1.807, 2.05) is 41.9 Å². The SMILES string of the molecule is CCCCCCOC(=O)NN=Cc1ccc(NCc2nc3cc(C(=O)c4cccnc4NCCC(=O)OCC)ccc3n2C)cc1. The third-order valence-corrected chi connectivity index (χ3v) is 7.18. The average Bonchev–Trinajstić information content (AvgIpc) is 3.38. The van der Waals surface area contributed by atoms with Crippen molar-refractivity contribution in [1.82, 2.24) is 20.0 Å². The van der Waals surface area contributed by atoms with Crippen LogP contribution in [0.3, 0.4) is 0 Å². The summed E-state index contributed by atoms with van der Waals surface area (Å²) in [5, 5.41) is 10.4. The fraction of sp³-hybridized carbons (Fsp3) is 0.353. The molecule has 242 valence electrons. The number of amides is 1. The molecular weight excluding hydrogens is 586 g/mol. The molecule has 0 fully saturated rings. The lowest BCUT2D eigenvalue weighted by atomic mass is 10.0. The first-order chi connectivity index (χ1) is 22.4. The van der Waals surface area contributed by atoms with Crippen molar-refractivity contribution in [3.8, 4) is 0 Å². The van der Waals surface area contributed by atoms with Crippen molar-refractivity contribution < 1.29 is 23.9 Å². The Hall–Kier alpha value is -5.26. The maximum atomic E-state index is 13.5. The van der Waals surface area contributed by atoms with Gasteiger partial charge in [-0.05, 0) is 61.4 Å². The van der Waals surface area contributed by atoms with Crippen LogP contribution in [0.4, 0.5) is 16.3 Å². The van der Waals surface area contributed by atoms with Gasteiger partial charge in [0.2, 0.25) is 0 Å². The third kappa shape index (κ3) is 9.62. The van der Waals surface area contributed by atoms with Crippen molar-refractivity contribution in [3.05, 3.63) is 83.3 Å². The number of rotatable bonds is 17. The number of carbonyl (C=O) groups excluding carboxylic acids is 3. The Labute approximate surface area is 268 Å². The number of esters is 1. The molecule has 0 aliphatic heterocycles. The molecule has 46 heavy (non-hydrogen) atoms. The molecule has 2 aromatic carbocycles. The lowest BCUT2D eigenvalue weighted by Gasteiger charge is -2.10. The zero-order valence-electron chi connectivity index (χ0n) is 26.5. The van der Waals surface area contributed by atoms with Crippen molar-refractivity contribution in [3.63, 3.8) is 0 Å². The summed E-state index contributed by atoms with van der Waals surface area (Å²) in [6.45, 7) is 5.36. The van der Waals surface area contributed by atoms with Crippen LogP contribution < -0.4 is 16.1 Å². The van der Waals surface area contributed by atoms with Gasteiger partial charge in [0.1, 0.15) is 11.6 Å². The summed E-state index contributed by atoms with van der Waals surface area (Å²) in [4.78, 5) is 46.0. The number of nitrogens with zero attached hydrogens (tertiary/aromatic N) is 4. The van der Waals surface area contributed by atoms with E-state index >= 15 is 0 Å². The van der Waals surface area contributed by atoms with Gasteiger partial charge in [0.25, 0.3) is 0 Å². The summed E-state index contributed by atoms with van der Waals surface area (Å²) in [5.74, 6) is 0.696. The molecule has 0 spiro atoms. The van der Waals surface area contributed by atoms with E-state index in [2.05, 4.69) is 33.1 Å². The number of pyridine rings is 1. The summed E-state index contributed by atoms with van der Waals surface area (Å²) in [6, 6.07) is 16.5. The summed E-state index contributed by atoms with van der Waals surface area (Å²) < 4.78 is 12.1. The van der Waals surface area contributed by atoms with Crippen molar-refractivity contribution in [1.29, 1.82) is 0 Å². The Morgan fingerprint density at radius 3 is 2.59 bits per heavy atom. The number of benzene rings is 2. The predicted molar refractivity (Wildman–Crippen MR) is 178 cm³/mol. The number of hydrogen-bond donors (Lipinski definition) is 3. The number of hydrazone groups is 1. The van der Waals surface area contributed by atoms with Crippen LogP contribution in [0.15, 0.2) is 65.9 Å². The molecule has 12 nitrogen and oxygen atoms in total. The van der Waals surface area contributed by atoms with Gasteiger partial charge >= 0.3 is 12.1 Å². The summed E-state index contributed by atoms with van der Waals surface area (Å²) in [7, 11) is 1.93. The standard InChI is InChI=1S/C34H41N7O5/c1-4-6-7-8-20-46-34(44)40-38-22-24-11-14-26(15-12-24)37-23-30-39-28-21-25(13-16-29(28)41(30)3)32(43)27-10-9-18-35-33(27)36-19-17-31(42)45-5-2/h9-16,18,21-22,37H,4-8,17,19-20,23H2,1-3H3,(H,35,36)(H,40,44). The van der Waals surface area contributed by atoms with Crippen LogP contribution in [-0.2, 0) is 27.9 Å². The molecule has 0 aliphatic rings. The van der Waals surface area contributed by atoms with Crippen LogP contribution in [0.1, 0.15) is 73.3 Å². The molecule has 3 N–H and O–H groups in total. The van der Waals surface area contributed by atoms with E-state index in [9.17, 15) is 14.4 Å². The first kappa shape index (κ1) is 33.6. The fourth-order valence-electron chi connectivity index (χ4n) is 4.70. The largest absolute Gasteiger partial charge is 0.466 e. The zero-order valence-corrected chi connectivity index (χ0v) is 26.5. The molecule has 4 rings (SSSR count). The van der Waals surface area contributed by atoms with E-state index in [0.29, 0.717) is 48.8 Å². The van der Waals surface area contributed by atoms with E-state index in [1.54, 1.807) is 43.6 Å². The Morgan fingerprint density at radius 1 is 0.978 bits per heavy atom. The highest BCUT2D eigenvalue weighted by atomic mass is 16.6. The molecule has 2 aromatic heterocycles. The van der Waals surface area contributed by atoms with Crippen LogP contribution in [-0.4, -0.2) is 58.4 Å². The van der Waals surface area contributed by atoms with Crippen LogP contribution in [0, 0.1) is 0 Å². The minimum atomic E-state index is -0.563. The van der Waals surface area contributed by atoms with E-state index in [4.69, 9.17) is 14.5 Å². The first-order valence-electron chi connectivity index (χ1n) is 15.5. The highest BCUT2D eigenvalue weighted by Crippen LogP contribution is 2.22. The highest BCUT2D eigenvalue weighted by Gasteiger charge is 2.17. The second kappa shape index (κ2) is 17.3. The highest BCUT2D eigenvalue weighted by molar-refractivity contribution is 6.13. The molecule has 0 atom stereocenters.